The molecule has 0 spiro atoms. The van der Waals surface area contributed by atoms with Gasteiger partial charge in [0.05, 0.1) is 12.1 Å². The van der Waals surface area contributed by atoms with E-state index in [-0.39, 0.29) is 23.9 Å². The molecular weight excluding hydrogens is 295 g/mol. The first-order valence-corrected chi connectivity index (χ1v) is 7.42. The molecule has 4 nitrogen and oxygen atoms in total. The Morgan fingerprint density at radius 2 is 1.91 bits per heavy atom. The lowest BCUT2D eigenvalue weighted by molar-refractivity contribution is -0.121. The van der Waals surface area contributed by atoms with Crippen molar-refractivity contribution in [1.82, 2.24) is 0 Å². The van der Waals surface area contributed by atoms with Crippen LogP contribution in [0.1, 0.15) is 17.5 Å². The van der Waals surface area contributed by atoms with E-state index in [0.29, 0.717) is 0 Å². The number of halogens is 1. The molecule has 1 fully saturated rings. The maximum Gasteiger partial charge on any atom is 0.256 e. The lowest BCUT2D eigenvalue weighted by atomic mass is 10.1. The molecule has 118 valence electrons. The molecule has 0 aliphatic carbocycles. The summed E-state index contributed by atoms with van der Waals surface area (Å²) >= 11 is 0. The Bertz CT molecular complexity index is 788. The SMILES string of the molecule is Cc1ccc(N[C@H]2CC(=O)N(c3cccc(F)c3)C2=O)c(C)c1. The van der Waals surface area contributed by atoms with Gasteiger partial charge in [0, 0.05) is 5.69 Å². The molecule has 2 aromatic rings. The zero-order chi connectivity index (χ0) is 16.6. The Hall–Kier alpha value is -2.69. The Morgan fingerprint density at radius 1 is 1.13 bits per heavy atom. The van der Waals surface area contributed by atoms with Gasteiger partial charge in [-0.1, -0.05) is 23.8 Å². The van der Waals surface area contributed by atoms with Crippen LogP contribution in [0.2, 0.25) is 0 Å². The van der Waals surface area contributed by atoms with Gasteiger partial charge in [0.15, 0.2) is 0 Å². The second-order valence-electron chi connectivity index (χ2n) is 5.77. The fourth-order valence-electron chi connectivity index (χ4n) is 2.79. The molecule has 0 aromatic heterocycles. The van der Waals surface area contributed by atoms with E-state index >= 15 is 0 Å². The molecule has 1 aliphatic heterocycles. The normalized spacial score (nSPS) is 17.7. The van der Waals surface area contributed by atoms with E-state index in [9.17, 15) is 14.0 Å². The molecule has 2 aromatic carbocycles. The first-order chi connectivity index (χ1) is 11.0. The van der Waals surface area contributed by atoms with E-state index in [4.69, 9.17) is 0 Å². The highest BCUT2D eigenvalue weighted by Gasteiger charge is 2.39. The minimum Gasteiger partial charge on any atom is -0.373 e. The van der Waals surface area contributed by atoms with Crippen molar-refractivity contribution in [1.29, 1.82) is 0 Å². The minimum atomic E-state index is -0.632. The summed E-state index contributed by atoms with van der Waals surface area (Å²) in [5.74, 6) is -1.17. The summed E-state index contributed by atoms with van der Waals surface area (Å²) < 4.78 is 13.3. The van der Waals surface area contributed by atoms with Gasteiger partial charge in [-0.05, 0) is 43.7 Å². The predicted molar refractivity (Wildman–Crippen MR) is 86.8 cm³/mol. The van der Waals surface area contributed by atoms with Crippen LogP contribution < -0.4 is 10.2 Å². The summed E-state index contributed by atoms with van der Waals surface area (Å²) in [5.41, 5.74) is 3.23. The van der Waals surface area contributed by atoms with Crippen molar-refractivity contribution in [3.05, 3.63) is 59.4 Å². The molecule has 1 aliphatic rings. The van der Waals surface area contributed by atoms with Gasteiger partial charge in [0.2, 0.25) is 5.91 Å². The van der Waals surface area contributed by atoms with Crippen molar-refractivity contribution in [2.75, 3.05) is 10.2 Å². The zero-order valence-electron chi connectivity index (χ0n) is 13.0. The van der Waals surface area contributed by atoms with Crippen molar-refractivity contribution in [3.8, 4) is 0 Å². The molecule has 2 amide bonds. The second kappa shape index (κ2) is 5.83. The highest BCUT2D eigenvalue weighted by molar-refractivity contribution is 6.23. The zero-order valence-corrected chi connectivity index (χ0v) is 13.0. The van der Waals surface area contributed by atoms with Crippen molar-refractivity contribution in [2.45, 2.75) is 26.3 Å². The number of hydrogen-bond acceptors (Lipinski definition) is 3. The van der Waals surface area contributed by atoms with Gasteiger partial charge in [-0.15, -0.1) is 0 Å². The van der Waals surface area contributed by atoms with E-state index in [2.05, 4.69) is 5.32 Å². The maximum absolute atomic E-state index is 13.3. The fraction of sp³-hybridized carbons (Fsp3) is 0.222. The number of nitrogens with one attached hydrogen (secondary N) is 1. The number of imide groups is 1. The number of nitrogens with zero attached hydrogens (tertiary/aromatic N) is 1. The number of carbonyl (C=O) groups excluding carboxylic acids is 2. The average Bonchev–Trinajstić information content (AvgIpc) is 2.76. The van der Waals surface area contributed by atoms with Crippen LogP contribution >= 0.6 is 0 Å². The Labute approximate surface area is 133 Å². The van der Waals surface area contributed by atoms with E-state index in [1.165, 1.54) is 18.2 Å². The molecule has 1 atom stereocenters. The van der Waals surface area contributed by atoms with Crippen LogP contribution in [0.4, 0.5) is 15.8 Å². The molecule has 23 heavy (non-hydrogen) atoms. The van der Waals surface area contributed by atoms with Crippen LogP contribution in [0.15, 0.2) is 42.5 Å². The number of aryl methyl sites for hydroxylation is 2. The molecule has 1 N–H and O–H groups in total. The van der Waals surface area contributed by atoms with Crippen LogP contribution in [-0.4, -0.2) is 17.9 Å². The van der Waals surface area contributed by atoms with Crippen LogP contribution in [0.3, 0.4) is 0 Å². The van der Waals surface area contributed by atoms with E-state index in [1.807, 2.05) is 32.0 Å². The molecule has 0 bridgehead atoms. The van der Waals surface area contributed by atoms with Crippen molar-refractivity contribution >= 4 is 23.2 Å². The number of benzene rings is 2. The van der Waals surface area contributed by atoms with Gasteiger partial charge < -0.3 is 5.32 Å². The van der Waals surface area contributed by atoms with Crippen molar-refractivity contribution in [3.63, 3.8) is 0 Å². The number of rotatable bonds is 3. The highest BCUT2D eigenvalue weighted by atomic mass is 19.1. The third kappa shape index (κ3) is 2.95. The molecular formula is C18H17FN2O2. The van der Waals surface area contributed by atoms with Crippen LogP contribution in [0.25, 0.3) is 0 Å². The molecule has 1 saturated heterocycles. The predicted octanol–water partition coefficient (Wildman–Crippen LogP) is 3.19. The van der Waals surface area contributed by atoms with Crippen molar-refractivity contribution in [2.24, 2.45) is 0 Å². The molecule has 0 saturated carbocycles. The molecule has 0 unspecified atom stereocenters. The number of hydrogen-bond donors (Lipinski definition) is 1. The molecule has 5 heteroatoms. The summed E-state index contributed by atoms with van der Waals surface area (Å²) in [5, 5.41) is 3.13. The van der Waals surface area contributed by atoms with Crippen molar-refractivity contribution < 1.29 is 14.0 Å². The first-order valence-electron chi connectivity index (χ1n) is 7.42. The van der Waals surface area contributed by atoms with Gasteiger partial charge in [-0.2, -0.15) is 0 Å². The molecule has 0 radical (unpaired) electrons. The molecule has 1 heterocycles. The van der Waals surface area contributed by atoms with Gasteiger partial charge in [0.1, 0.15) is 11.9 Å². The van der Waals surface area contributed by atoms with Gasteiger partial charge in [-0.3, -0.25) is 9.59 Å². The average molecular weight is 312 g/mol. The fourth-order valence-corrected chi connectivity index (χ4v) is 2.79. The van der Waals surface area contributed by atoms with E-state index in [0.717, 1.165) is 21.7 Å². The summed E-state index contributed by atoms with van der Waals surface area (Å²) in [6.45, 7) is 3.94. The minimum absolute atomic E-state index is 0.0582. The topological polar surface area (TPSA) is 49.4 Å². The summed E-state index contributed by atoms with van der Waals surface area (Å²) in [6.07, 6.45) is 0.0582. The number of amides is 2. The quantitative estimate of drug-likeness (QED) is 0.886. The van der Waals surface area contributed by atoms with Crippen LogP contribution in [0.5, 0.6) is 0 Å². The number of carbonyl (C=O) groups is 2. The monoisotopic (exact) mass is 312 g/mol. The standard InChI is InChI=1S/C18H17FN2O2/c1-11-6-7-15(12(2)8-11)20-16-10-17(22)21(18(16)23)14-5-3-4-13(19)9-14/h3-9,16,20H,10H2,1-2H3/t16-/m0/s1. The Kier molecular flexibility index (Phi) is 3.86. The third-order valence-corrected chi connectivity index (χ3v) is 3.92. The Morgan fingerprint density at radius 3 is 2.61 bits per heavy atom. The first kappa shape index (κ1) is 15.2. The maximum atomic E-state index is 13.3. The lowest BCUT2D eigenvalue weighted by Crippen LogP contribution is -2.35. The third-order valence-electron chi connectivity index (χ3n) is 3.92. The summed E-state index contributed by atoms with van der Waals surface area (Å²) in [7, 11) is 0. The summed E-state index contributed by atoms with van der Waals surface area (Å²) in [6, 6.07) is 10.7. The van der Waals surface area contributed by atoms with Crippen LogP contribution in [0, 0.1) is 19.7 Å². The molecule has 3 rings (SSSR count). The smallest absolute Gasteiger partial charge is 0.256 e. The largest absolute Gasteiger partial charge is 0.373 e. The van der Waals surface area contributed by atoms with E-state index < -0.39 is 11.9 Å². The highest BCUT2D eigenvalue weighted by Crippen LogP contribution is 2.26. The van der Waals surface area contributed by atoms with E-state index in [1.54, 1.807) is 6.07 Å². The van der Waals surface area contributed by atoms with Gasteiger partial charge >= 0.3 is 0 Å². The Balaban J connectivity index is 1.84. The number of anilines is 2. The van der Waals surface area contributed by atoms with Gasteiger partial charge in [0.25, 0.3) is 5.91 Å². The summed E-state index contributed by atoms with van der Waals surface area (Å²) in [4.78, 5) is 25.8. The lowest BCUT2D eigenvalue weighted by Gasteiger charge is -2.17. The van der Waals surface area contributed by atoms with Crippen LogP contribution in [-0.2, 0) is 9.59 Å². The van der Waals surface area contributed by atoms with Gasteiger partial charge in [-0.25, -0.2) is 9.29 Å². The second-order valence-corrected chi connectivity index (χ2v) is 5.77.